The van der Waals surface area contributed by atoms with Crippen LogP contribution in [0.25, 0.3) is 0 Å². The van der Waals surface area contributed by atoms with E-state index < -0.39 is 15.9 Å². The quantitative estimate of drug-likeness (QED) is 0.894. The number of halogens is 2. The highest BCUT2D eigenvalue weighted by atomic mass is 79.9. The average Bonchev–Trinajstić information content (AvgIpc) is 2.20. The summed E-state index contributed by atoms with van der Waals surface area (Å²) in [5, 5.41) is 0.404. The molecule has 1 aromatic carbocycles. The molecule has 0 bridgehead atoms. The number of sulfonamides is 1. The van der Waals surface area contributed by atoms with E-state index in [0.29, 0.717) is 9.50 Å². The Bertz CT molecular complexity index is 547. The lowest BCUT2D eigenvalue weighted by Gasteiger charge is -2.15. The molecular weight excluding hydrogens is 332 g/mol. The molecule has 0 spiro atoms. The summed E-state index contributed by atoms with van der Waals surface area (Å²) in [6.07, 6.45) is 0. The second kappa shape index (κ2) is 5.34. The van der Waals surface area contributed by atoms with Gasteiger partial charge >= 0.3 is 0 Å². The van der Waals surface area contributed by atoms with E-state index in [1.54, 1.807) is 0 Å². The van der Waals surface area contributed by atoms with Crippen molar-refractivity contribution in [2.45, 2.75) is 4.90 Å². The number of nitrogens with two attached hydrogens (primary N) is 1. The van der Waals surface area contributed by atoms with Gasteiger partial charge < -0.3 is 5.73 Å². The lowest BCUT2D eigenvalue weighted by atomic mass is 10.4. The van der Waals surface area contributed by atoms with Crippen LogP contribution in [0.5, 0.6) is 0 Å². The van der Waals surface area contributed by atoms with Crippen molar-refractivity contribution in [3.05, 3.63) is 27.7 Å². The minimum atomic E-state index is -3.73. The lowest BCUT2D eigenvalue weighted by molar-refractivity contribution is -0.118. The predicted molar refractivity (Wildman–Crippen MR) is 68.2 cm³/mol. The summed E-state index contributed by atoms with van der Waals surface area (Å²) < 4.78 is 25.3. The third-order valence-electron chi connectivity index (χ3n) is 1.98. The van der Waals surface area contributed by atoms with Crippen molar-refractivity contribution in [1.29, 1.82) is 0 Å². The van der Waals surface area contributed by atoms with E-state index >= 15 is 0 Å². The largest absolute Gasteiger partial charge is 0.369 e. The van der Waals surface area contributed by atoms with Crippen molar-refractivity contribution in [1.82, 2.24) is 4.31 Å². The molecule has 2 N–H and O–H groups in total. The highest BCUT2D eigenvalue weighted by Gasteiger charge is 2.22. The molecule has 0 atom stereocenters. The second-order valence-electron chi connectivity index (χ2n) is 3.30. The van der Waals surface area contributed by atoms with Crippen LogP contribution in [-0.2, 0) is 14.8 Å². The Morgan fingerprint density at radius 1 is 1.53 bits per heavy atom. The lowest BCUT2D eigenvalue weighted by Crippen LogP contribution is -2.35. The minimum absolute atomic E-state index is 0.0394. The van der Waals surface area contributed by atoms with Crippen molar-refractivity contribution in [2.75, 3.05) is 13.6 Å². The van der Waals surface area contributed by atoms with Crippen LogP contribution in [0.3, 0.4) is 0 Å². The van der Waals surface area contributed by atoms with Gasteiger partial charge in [-0.15, -0.1) is 0 Å². The molecule has 1 rings (SSSR count). The summed E-state index contributed by atoms with van der Waals surface area (Å²) in [4.78, 5) is 10.7. The van der Waals surface area contributed by atoms with Crippen LogP contribution >= 0.6 is 27.5 Å². The third kappa shape index (κ3) is 3.41. The molecule has 17 heavy (non-hydrogen) atoms. The van der Waals surface area contributed by atoms with Crippen molar-refractivity contribution in [3.8, 4) is 0 Å². The number of rotatable bonds is 4. The summed E-state index contributed by atoms with van der Waals surface area (Å²) in [6.45, 7) is -0.372. The average molecular weight is 342 g/mol. The van der Waals surface area contributed by atoms with Gasteiger partial charge in [0, 0.05) is 11.5 Å². The van der Waals surface area contributed by atoms with E-state index in [1.165, 1.54) is 25.2 Å². The highest BCUT2D eigenvalue weighted by molar-refractivity contribution is 9.10. The number of amides is 1. The molecule has 0 unspecified atom stereocenters. The topological polar surface area (TPSA) is 80.5 Å². The molecule has 0 saturated carbocycles. The number of hydrogen-bond acceptors (Lipinski definition) is 3. The SMILES string of the molecule is CN(CC(N)=O)S(=O)(=O)c1ccc(Cl)c(Br)c1. The van der Waals surface area contributed by atoms with Crippen LogP contribution in [0.4, 0.5) is 0 Å². The maximum absolute atomic E-state index is 12.0. The first kappa shape index (κ1) is 14.4. The van der Waals surface area contributed by atoms with Gasteiger partial charge in [-0.25, -0.2) is 8.42 Å². The number of hydrogen-bond donors (Lipinski definition) is 1. The van der Waals surface area contributed by atoms with E-state index in [0.717, 1.165) is 4.31 Å². The van der Waals surface area contributed by atoms with E-state index in [-0.39, 0.29) is 11.4 Å². The number of carbonyl (C=O) groups is 1. The van der Waals surface area contributed by atoms with Crippen molar-refractivity contribution in [3.63, 3.8) is 0 Å². The molecule has 0 aliphatic carbocycles. The van der Waals surface area contributed by atoms with Gasteiger partial charge in [0.1, 0.15) is 0 Å². The van der Waals surface area contributed by atoms with Crippen molar-refractivity contribution >= 4 is 43.5 Å². The van der Waals surface area contributed by atoms with Crippen molar-refractivity contribution < 1.29 is 13.2 Å². The predicted octanol–water partition coefficient (Wildman–Crippen LogP) is 1.21. The van der Waals surface area contributed by atoms with Gasteiger partial charge in [0.15, 0.2) is 0 Å². The zero-order chi connectivity index (χ0) is 13.2. The third-order valence-corrected chi connectivity index (χ3v) is 4.99. The normalized spacial score (nSPS) is 11.8. The Labute approximate surface area is 113 Å². The molecule has 1 amide bonds. The minimum Gasteiger partial charge on any atom is -0.369 e. The molecule has 8 heteroatoms. The number of nitrogens with zero attached hydrogens (tertiary/aromatic N) is 1. The Balaban J connectivity index is 3.13. The molecule has 1 aromatic rings. The molecule has 94 valence electrons. The molecule has 0 aliphatic heterocycles. The summed E-state index contributed by atoms with van der Waals surface area (Å²) in [5.74, 6) is -0.718. The molecular formula is C9H10BrClN2O3S. The second-order valence-corrected chi connectivity index (χ2v) is 6.61. The molecule has 0 aliphatic rings. The van der Waals surface area contributed by atoms with Gasteiger partial charge in [-0.05, 0) is 34.1 Å². The van der Waals surface area contributed by atoms with E-state index in [1.807, 2.05) is 0 Å². The van der Waals surface area contributed by atoms with Gasteiger partial charge in [-0.2, -0.15) is 4.31 Å². The Morgan fingerprint density at radius 2 is 2.12 bits per heavy atom. The molecule has 0 heterocycles. The first-order chi connectivity index (χ1) is 7.75. The summed E-state index contributed by atoms with van der Waals surface area (Å²) in [6, 6.07) is 4.19. The van der Waals surface area contributed by atoms with Crippen LogP contribution in [0.15, 0.2) is 27.6 Å². The van der Waals surface area contributed by atoms with Gasteiger partial charge in [-0.1, -0.05) is 11.6 Å². The molecule has 5 nitrogen and oxygen atoms in total. The first-order valence-electron chi connectivity index (χ1n) is 4.45. The molecule has 0 fully saturated rings. The zero-order valence-corrected chi connectivity index (χ0v) is 12.0. The molecule has 0 radical (unpaired) electrons. The Hall–Kier alpha value is -0.630. The van der Waals surface area contributed by atoms with Crippen LogP contribution in [-0.4, -0.2) is 32.2 Å². The fraction of sp³-hybridized carbons (Fsp3) is 0.222. The maximum atomic E-state index is 12.0. The summed E-state index contributed by atoms with van der Waals surface area (Å²) >= 11 is 8.90. The van der Waals surface area contributed by atoms with E-state index in [4.69, 9.17) is 17.3 Å². The summed E-state index contributed by atoms with van der Waals surface area (Å²) in [5.41, 5.74) is 4.95. The molecule has 0 aromatic heterocycles. The zero-order valence-electron chi connectivity index (χ0n) is 8.85. The van der Waals surface area contributed by atoms with Gasteiger partial charge in [0.25, 0.3) is 0 Å². The van der Waals surface area contributed by atoms with Gasteiger partial charge in [0.05, 0.1) is 16.5 Å². The standard InChI is InChI=1S/C9H10BrClN2O3S/c1-13(5-9(12)14)17(15,16)6-2-3-8(11)7(10)4-6/h2-4H,5H2,1H3,(H2,12,14). The number of primary amides is 1. The first-order valence-corrected chi connectivity index (χ1v) is 7.06. The molecule has 0 saturated heterocycles. The van der Waals surface area contributed by atoms with Crippen LogP contribution in [0.2, 0.25) is 5.02 Å². The summed E-state index contributed by atoms with van der Waals surface area (Å²) in [7, 11) is -2.45. The fourth-order valence-corrected chi connectivity index (χ4v) is 2.93. The monoisotopic (exact) mass is 340 g/mol. The Morgan fingerprint density at radius 3 is 2.59 bits per heavy atom. The van der Waals surface area contributed by atoms with E-state index in [9.17, 15) is 13.2 Å². The van der Waals surface area contributed by atoms with Crippen LogP contribution in [0, 0.1) is 0 Å². The van der Waals surface area contributed by atoms with Gasteiger partial charge in [0.2, 0.25) is 15.9 Å². The maximum Gasteiger partial charge on any atom is 0.243 e. The van der Waals surface area contributed by atoms with E-state index in [2.05, 4.69) is 15.9 Å². The fourth-order valence-electron chi connectivity index (χ4n) is 1.12. The number of benzene rings is 1. The number of likely N-dealkylation sites (N-methyl/N-ethyl adjacent to an activating group) is 1. The van der Waals surface area contributed by atoms with Crippen LogP contribution in [0.1, 0.15) is 0 Å². The smallest absolute Gasteiger partial charge is 0.243 e. The van der Waals surface area contributed by atoms with Crippen molar-refractivity contribution in [2.24, 2.45) is 5.73 Å². The van der Waals surface area contributed by atoms with Crippen LogP contribution < -0.4 is 5.73 Å². The highest BCUT2D eigenvalue weighted by Crippen LogP contribution is 2.26. The van der Waals surface area contributed by atoms with Gasteiger partial charge in [-0.3, -0.25) is 4.79 Å². The Kier molecular flexibility index (Phi) is 4.54. The number of carbonyl (C=O) groups excluding carboxylic acids is 1.